The molecule has 0 aliphatic rings. The van der Waals surface area contributed by atoms with Gasteiger partial charge < -0.3 is 15.2 Å². The predicted octanol–water partition coefficient (Wildman–Crippen LogP) is 4.61. The van der Waals surface area contributed by atoms with Gasteiger partial charge in [-0.2, -0.15) is 0 Å². The fourth-order valence-corrected chi connectivity index (χ4v) is 4.01. The van der Waals surface area contributed by atoms with Crippen LogP contribution in [0.4, 0.5) is 11.4 Å². The van der Waals surface area contributed by atoms with E-state index < -0.39 is 15.9 Å². The van der Waals surface area contributed by atoms with Gasteiger partial charge in [0.2, 0.25) is 0 Å². The number of carbonyl (C=O) groups is 1. The molecule has 3 rings (SSSR count). The molecular weight excluding hydrogens is 418 g/mol. The van der Waals surface area contributed by atoms with Gasteiger partial charge in [-0.05, 0) is 30.7 Å². The first-order valence-electron chi connectivity index (χ1n) is 9.60. The summed E-state index contributed by atoms with van der Waals surface area (Å²) in [6.07, 6.45) is 5.83. The molecule has 1 unspecified atom stereocenters. The highest BCUT2D eigenvalue weighted by molar-refractivity contribution is 7.93. The van der Waals surface area contributed by atoms with Crippen LogP contribution in [0, 0.1) is 4.78 Å². The zero-order valence-electron chi connectivity index (χ0n) is 16.9. The molecule has 0 spiro atoms. The maximum absolute atomic E-state index is 13.4. The number of ether oxygens (including phenoxy) is 1. The van der Waals surface area contributed by atoms with E-state index in [0.29, 0.717) is 18.0 Å². The van der Waals surface area contributed by atoms with Gasteiger partial charge in [0.15, 0.2) is 15.7 Å². The standard InChI is InChI=1S/C21H23N5O4S/c1-2-3-9-25-18-10-15(21(27)28)11-19(20(18)30-17-7-5-4-6-8-17)31(22,29)26-16-12-23-14-24-13-16/h4-8,10-14,25H,2-3,9H2,1H3,(H,27,28)(H2,22,26,29). The van der Waals surface area contributed by atoms with E-state index in [-0.39, 0.29) is 21.9 Å². The second-order valence-corrected chi connectivity index (χ2v) is 8.39. The Morgan fingerprint density at radius 2 is 1.90 bits per heavy atom. The second-order valence-electron chi connectivity index (χ2n) is 6.64. The number of para-hydroxylation sites is 1. The van der Waals surface area contributed by atoms with Gasteiger partial charge in [0, 0.05) is 6.54 Å². The van der Waals surface area contributed by atoms with E-state index in [4.69, 9.17) is 9.52 Å². The molecule has 10 heteroatoms. The summed E-state index contributed by atoms with van der Waals surface area (Å²) >= 11 is 0. The van der Waals surface area contributed by atoms with Crippen LogP contribution in [0.3, 0.4) is 0 Å². The number of aromatic carboxylic acids is 1. The van der Waals surface area contributed by atoms with Gasteiger partial charge >= 0.3 is 5.97 Å². The lowest BCUT2D eigenvalue weighted by molar-refractivity contribution is 0.0696. The second kappa shape index (κ2) is 9.90. The molecular formula is C21H23N5O4S. The minimum absolute atomic E-state index is 0.0981. The number of carboxylic acid groups (broad SMARTS) is 1. The normalized spacial score (nSPS) is 12.5. The molecule has 3 aromatic rings. The quantitative estimate of drug-likeness (QED) is 0.337. The van der Waals surface area contributed by atoms with Gasteiger partial charge in [0.1, 0.15) is 17.0 Å². The molecule has 1 atom stereocenters. The summed E-state index contributed by atoms with van der Waals surface area (Å²) in [5.41, 5.74) is 0.494. The summed E-state index contributed by atoms with van der Waals surface area (Å²) in [6.45, 7) is 2.59. The fraction of sp³-hybridized carbons (Fsp3) is 0.190. The van der Waals surface area contributed by atoms with Crippen molar-refractivity contribution in [1.82, 2.24) is 9.97 Å². The third-order valence-electron chi connectivity index (χ3n) is 4.24. The van der Waals surface area contributed by atoms with E-state index in [0.717, 1.165) is 12.8 Å². The number of benzene rings is 2. The molecule has 31 heavy (non-hydrogen) atoms. The molecule has 1 aromatic heterocycles. The van der Waals surface area contributed by atoms with Gasteiger partial charge in [-0.3, -0.25) is 4.72 Å². The summed E-state index contributed by atoms with van der Waals surface area (Å²) in [5.74, 6) is -0.621. The smallest absolute Gasteiger partial charge is 0.335 e. The average Bonchev–Trinajstić information content (AvgIpc) is 2.75. The van der Waals surface area contributed by atoms with Crippen LogP contribution in [-0.4, -0.2) is 31.8 Å². The molecule has 0 saturated heterocycles. The van der Waals surface area contributed by atoms with Crippen LogP contribution in [0.2, 0.25) is 0 Å². The number of hydrogen-bond acceptors (Lipinski definition) is 7. The van der Waals surface area contributed by atoms with Crippen molar-refractivity contribution in [3.05, 3.63) is 66.7 Å². The van der Waals surface area contributed by atoms with Crippen molar-refractivity contribution in [2.24, 2.45) is 0 Å². The Hall–Kier alpha value is -3.66. The van der Waals surface area contributed by atoms with Crippen LogP contribution < -0.4 is 14.8 Å². The van der Waals surface area contributed by atoms with E-state index in [1.165, 1.54) is 30.9 Å². The highest BCUT2D eigenvalue weighted by atomic mass is 32.2. The number of nitrogens with one attached hydrogen (secondary N) is 3. The van der Waals surface area contributed by atoms with E-state index in [1.54, 1.807) is 24.3 Å². The van der Waals surface area contributed by atoms with E-state index in [1.807, 2.05) is 13.0 Å². The maximum atomic E-state index is 13.4. The van der Waals surface area contributed by atoms with Gasteiger partial charge in [-0.25, -0.2) is 23.8 Å². The highest BCUT2D eigenvalue weighted by Gasteiger charge is 2.24. The first kappa shape index (κ1) is 22.0. The average molecular weight is 442 g/mol. The fourth-order valence-electron chi connectivity index (χ4n) is 2.75. The van der Waals surface area contributed by atoms with Crippen LogP contribution in [0.5, 0.6) is 11.5 Å². The van der Waals surface area contributed by atoms with Gasteiger partial charge in [0.25, 0.3) is 0 Å². The molecule has 0 bridgehead atoms. The summed E-state index contributed by atoms with van der Waals surface area (Å²) in [4.78, 5) is 19.3. The molecule has 0 amide bonds. The molecule has 9 nitrogen and oxygen atoms in total. The van der Waals surface area contributed by atoms with Crippen molar-refractivity contribution in [2.75, 3.05) is 16.6 Å². The summed E-state index contributed by atoms with van der Waals surface area (Å²) in [7, 11) is -3.73. The van der Waals surface area contributed by atoms with Crippen LogP contribution in [-0.2, 0) is 9.92 Å². The lowest BCUT2D eigenvalue weighted by Gasteiger charge is -2.20. The van der Waals surface area contributed by atoms with Gasteiger partial charge in [-0.1, -0.05) is 31.5 Å². The van der Waals surface area contributed by atoms with E-state index in [2.05, 4.69) is 20.0 Å². The Balaban J connectivity index is 2.14. The number of hydrogen-bond donors (Lipinski definition) is 4. The highest BCUT2D eigenvalue weighted by Crippen LogP contribution is 2.38. The summed E-state index contributed by atoms with van der Waals surface area (Å²) < 4.78 is 30.5. The Morgan fingerprint density at radius 3 is 2.55 bits per heavy atom. The largest absolute Gasteiger partial charge is 0.478 e. The minimum atomic E-state index is -3.73. The Labute approximate surface area is 180 Å². The number of carboxylic acids is 1. The van der Waals surface area contributed by atoms with Crippen LogP contribution in [0.1, 0.15) is 30.1 Å². The molecule has 1 heterocycles. The first-order chi connectivity index (χ1) is 14.9. The van der Waals surface area contributed by atoms with Crippen molar-refractivity contribution in [1.29, 1.82) is 4.78 Å². The molecule has 0 aliphatic heterocycles. The Morgan fingerprint density at radius 1 is 1.19 bits per heavy atom. The number of anilines is 2. The molecule has 0 radical (unpaired) electrons. The lowest BCUT2D eigenvalue weighted by atomic mass is 10.1. The Bertz CT molecular complexity index is 1140. The minimum Gasteiger partial charge on any atom is -0.478 e. The van der Waals surface area contributed by atoms with Crippen molar-refractivity contribution in [3.63, 3.8) is 0 Å². The first-order valence-corrected chi connectivity index (χ1v) is 11.2. The number of aromatic nitrogens is 2. The molecule has 0 aliphatic carbocycles. The zero-order valence-corrected chi connectivity index (χ0v) is 17.7. The third-order valence-corrected chi connectivity index (χ3v) is 5.69. The molecule has 162 valence electrons. The van der Waals surface area contributed by atoms with Crippen molar-refractivity contribution < 1.29 is 18.8 Å². The van der Waals surface area contributed by atoms with Crippen LogP contribution in [0.25, 0.3) is 0 Å². The number of unbranched alkanes of at least 4 members (excludes halogenated alkanes) is 1. The van der Waals surface area contributed by atoms with Gasteiger partial charge in [-0.15, -0.1) is 0 Å². The lowest BCUT2D eigenvalue weighted by Crippen LogP contribution is -2.15. The van der Waals surface area contributed by atoms with E-state index >= 15 is 0 Å². The third kappa shape index (κ3) is 5.70. The van der Waals surface area contributed by atoms with Crippen molar-refractivity contribution in [2.45, 2.75) is 24.7 Å². The molecule has 4 N–H and O–H groups in total. The number of nitrogens with zero attached hydrogens (tertiary/aromatic N) is 2. The molecule has 0 saturated carbocycles. The SMILES string of the molecule is CCCCNc1cc(C(=O)O)cc(S(=N)(=O)Nc2cncnc2)c1Oc1ccccc1. The topological polar surface area (TPSA) is 137 Å². The summed E-state index contributed by atoms with van der Waals surface area (Å²) in [6, 6.07) is 11.4. The Kier molecular flexibility index (Phi) is 7.03. The predicted molar refractivity (Wildman–Crippen MR) is 118 cm³/mol. The number of rotatable bonds is 10. The van der Waals surface area contributed by atoms with Crippen molar-refractivity contribution in [3.8, 4) is 11.5 Å². The summed E-state index contributed by atoms with van der Waals surface area (Å²) in [5, 5.41) is 12.7. The van der Waals surface area contributed by atoms with Crippen molar-refractivity contribution >= 4 is 27.3 Å². The van der Waals surface area contributed by atoms with Gasteiger partial charge in [0.05, 0.1) is 29.3 Å². The van der Waals surface area contributed by atoms with Crippen LogP contribution >= 0.6 is 0 Å². The molecule has 0 fully saturated rings. The van der Waals surface area contributed by atoms with Crippen LogP contribution in [0.15, 0.2) is 66.1 Å². The van der Waals surface area contributed by atoms with E-state index in [9.17, 15) is 14.1 Å². The molecule has 2 aromatic carbocycles. The zero-order chi connectivity index (χ0) is 22.3. The maximum Gasteiger partial charge on any atom is 0.335 e. The monoisotopic (exact) mass is 441 g/mol.